The Labute approximate surface area is 95.1 Å². The van der Waals surface area contributed by atoms with Crippen LogP contribution >= 0.6 is 0 Å². The van der Waals surface area contributed by atoms with Crippen molar-refractivity contribution >= 4 is 5.69 Å². The van der Waals surface area contributed by atoms with Gasteiger partial charge in [0.2, 0.25) is 0 Å². The van der Waals surface area contributed by atoms with Crippen LogP contribution in [-0.4, -0.2) is 21.8 Å². The molecule has 0 bridgehead atoms. The molecule has 0 fully saturated rings. The van der Waals surface area contributed by atoms with Gasteiger partial charge in [-0.1, -0.05) is 0 Å². The van der Waals surface area contributed by atoms with E-state index in [2.05, 4.69) is 15.4 Å². The van der Waals surface area contributed by atoms with Crippen molar-refractivity contribution in [3.63, 3.8) is 0 Å². The number of rotatable bonds is 2. The summed E-state index contributed by atoms with van der Waals surface area (Å²) in [6.45, 7) is 0. The number of alkyl halides is 3. The second-order valence-electron chi connectivity index (χ2n) is 3.32. The Morgan fingerprint density at radius 3 is 2.59 bits per heavy atom. The van der Waals surface area contributed by atoms with Gasteiger partial charge in [-0.05, 0) is 18.2 Å². The van der Waals surface area contributed by atoms with Crippen molar-refractivity contribution < 1.29 is 13.2 Å². The van der Waals surface area contributed by atoms with Gasteiger partial charge in [0.25, 0.3) is 0 Å². The highest BCUT2D eigenvalue weighted by molar-refractivity contribution is 5.61. The molecule has 0 unspecified atom stereocenters. The summed E-state index contributed by atoms with van der Waals surface area (Å²) in [6.07, 6.45) is -1.77. The van der Waals surface area contributed by atoms with Crippen molar-refractivity contribution in [2.75, 3.05) is 12.4 Å². The minimum atomic E-state index is -4.37. The minimum Gasteiger partial charge on any atom is -0.386 e. The number of hydrogen-bond donors (Lipinski definition) is 1. The molecule has 0 aliphatic carbocycles. The monoisotopic (exact) mass is 242 g/mol. The average molecular weight is 242 g/mol. The Hall–Kier alpha value is -2.05. The number of nitrogens with one attached hydrogen (secondary N) is 1. The standard InChI is InChI=1S/C10H9F3N4/c1-14-8-3-2-7(10(11,12)13)4-9(8)17-6-15-5-16-17/h2-6,14H,1H3. The summed E-state index contributed by atoms with van der Waals surface area (Å²) in [5, 5.41) is 6.62. The molecular weight excluding hydrogens is 233 g/mol. The van der Waals surface area contributed by atoms with Crippen LogP contribution in [0.2, 0.25) is 0 Å². The van der Waals surface area contributed by atoms with Crippen LogP contribution in [-0.2, 0) is 6.18 Å². The molecule has 7 heteroatoms. The third kappa shape index (κ3) is 2.22. The van der Waals surface area contributed by atoms with Gasteiger partial charge in [0.1, 0.15) is 12.7 Å². The molecule has 1 heterocycles. The van der Waals surface area contributed by atoms with Gasteiger partial charge >= 0.3 is 6.18 Å². The van der Waals surface area contributed by atoms with E-state index in [4.69, 9.17) is 0 Å². The highest BCUT2D eigenvalue weighted by Gasteiger charge is 2.31. The van der Waals surface area contributed by atoms with Gasteiger partial charge in [0, 0.05) is 7.05 Å². The number of hydrogen-bond acceptors (Lipinski definition) is 3. The first kappa shape index (κ1) is 11.4. The Kier molecular flexibility index (Phi) is 2.74. The normalized spacial score (nSPS) is 11.5. The molecule has 0 amide bonds. The Morgan fingerprint density at radius 1 is 1.29 bits per heavy atom. The second-order valence-corrected chi connectivity index (χ2v) is 3.32. The third-order valence-electron chi connectivity index (χ3n) is 2.26. The van der Waals surface area contributed by atoms with Crippen LogP contribution in [0, 0.1) is 0 Å². The van der Waals surface area contributed by atoms with E-state index >= 15 is 0 Å². The predicted molar refractivity (Wildman–Crippen MR) is 55.9 cm³/mol. The quantitative estimate of drug-likeness (QED) is 0.878. The lowest BCUT2D eigenvalue weighted by Gasteiger charge is -2.12. The van der Waals surface area contributed by atoms with Crippen LogP contribution < -0.4 is 5.32 Å². The number of anilines is 1. The molecular formula is C10H9F3N4. The minimum absolute atomic E-state index is 0.305. The van der Waals surface area contributed by atoms with E-state index in [1.54, 1.807) is 7.05 Å². The van der Waals surface area contributed by atoms with Gasteiger partial charge in [0.05, 0.1) is 16.9 Å². The molecule has 2 aromatic rings. The van der Waals surface area contributed by atoms with Crippen molar-refractivity contribution in [1.29, 1.82) is 0 Å². The van der Waals surface area contributed by atoms with Crippen molar-refractivity contribution in [2.45, 2.75) is 6.18 Å². The molecule has 1 N–H and O–H groups in total. The highest BCUT2D eigenvalue weighted by Crippen LogP contribution is 2.32. The zero-order valence-electron chi connectivity index (χ0n) is 8.86. The predicted octanol–water partition coefficient (Wildman–Crippen LogP) is 2.33. The highest BCUT2D eigenvalue weighted by atomic mass is 19.4. The van der Waals surface area contributed by atoms with Gasteiger partial charge in [0.15, 0.2) is 0 Å². The Balaban J connectivity index is 2.55. The van der Waals surface area contributed by atoms with Gasteiger partial charge in [-0.3, -0.25) is 0 Å². The maximum Gasteiger partial charge on any atom is 0.416 e. The molecule has 0 aliphatic heterocycles. The summed E-state index contributed by atoms with van der Waals surface area (Å²) in [5.74, 6) is 0. The van der Waals surface area contributed by atoms with E-state index in [0.717, 1.165) is 12.1 Å². The van der Waals surface area contributed by atoms with E-state index < -0.39 is 11.7 Å². The van der Waals surface area contributed by atoms with E-state index in [1.807, 2.05) is 0 Å². The summed E-state index contributed by atoms with van der Waals surface area (Å²) in [4.78, 5) is 3.71. The summed E-state index contributed by atoms with van der Waals surface area (Å²) in [5.41, 5.74) is 0.130. The van der Waals surface area contributed by atoms with Crippen molar-refractivity contribution in [3.05, 3.63) is 36.4 Å². The molecule has 90 valence electrons. The molecule has 0 saturated carbocycles. The topological polar surface area (TPSA) is 42.7 Å². The van der Waals surface area contributed by atoms with Crippen LogP contribution in [0.3, 0.4) is 0 Å². The maximum absolute atomic E-state index is 12.6. The summed E-state index contributed by atoms with van der Waals surface area (Å²) >= 11 is 0. The fourth-order valence-corrected chi connectivity index (χ4v) is 1.44. The lowest BCUT2D eigenvalue weighted by atomic mass is 10.1. The molecule has 17 heavy (non-hydrogen) atoms. The number of aromatic nitrogens is 3. The molecule has 1 aromatic heterocycles. The Bertz CT molecular complexity index is 505. The van der Waals surface area contributed by atoms with Crippen LogP contribution in [0.4, 0.5) is 18.9 Å². The largest absolute Gasteiger partial charge is 0.416 e. The molecule has 2 rings (SSSR count). The van der Waals surface area contributed by atoms with Crippen LogP contribution in [0.1, 0.15) is 5.56 Å². The van der Waals surface area contributed by atoms with Crippen LogP contribution in [0.25, 0.3) is 5.69 Å². The SMILES string of the molecule is CNc1ccc(C(F)(F)F)cc1-n1cncn1. The first-order valence-electron chi connectivity index (χ1n) is 4.76. The van der Waals surface area contributed by atoms with Gasteiger partial charge in [-0.25, -0.2) is 9.67 Å². The lowest BCUT2D eigenvalue weighted by Crippen LogP contribution is -2.08. The van der Waals surface area contributed by atoms with E-state index in [9.17, 15) is 13.2 Å². The van der Waals surface area contributed by atoms with E-state index in [1.165, 1.54) is 23.4 Å². The molecule has 0 atom stereocenters. The smallest absolute Gasteiger partial charge is 0.386 e. The summed E-state index contributed by atoms with van der Waals surface area (Å²) in [7, 11) is 1.63. The number of benzene rings is 1. The average Bonchev–Trinajstić information content (AvgIpc) is 2.80. The van der Waals surface area contributed by atoms with Crippen molar-refractivity contribution in [3.8, 4) is 5.69 Å². The second kappa shape index (κ2) is 4.08. The van der Waals surface area contributed by atoms with Gasteiger partial charge in [-0.2, -0.15) is 18.3 Å². The fourth-order valence-electron chi connectivity index (χ4n) is 1.44. The molecule has 1 aromatic carbocycles. The van der Waals surface area contributed by atoms with Gasteiger partial charge in [-0.15, -0.1) is 0 Å². The maximum atomic E-state index is 12.6. The third-order valence-corrected chi connectivity index (χ3v) is 2.26. The lowest BCUT2D eigenvalue weighted by molar-refractivity contribution is -0.137. The van der Waals surface area contributed by atoms with Crippen LogP contribution in [0.5, 0.6) is 0 Å². The van der Waals surface area contributed by atoms with Crippen molar-refractivity contribution in [2.24, 2.45) is 0 Å². The fraction of sp³-hybridized carbons (Fsp3) is 0.200. The molecule has 0 aliphatic rings. The molecule has 0 spiro atoms. The first-order chi connectivity index (χ1) is 8.02. The van der Waals surface area contributed by atoms with E-state index in [-0.39, 0.29) is 0 Å². The summed E-state index contributed by atoms with van der Waals surface area (Å²) < 4.78 is 39.0. The molecule has 0 saturated heterocycles. The molecule has 4 nitrogen and oxygen atoms in total. The zero-order chi connectivity index (χ0) is 12.5. The van der Waals surface area contributed by atoms with E-state index in [0.29, 0.717) is 11.4 Å². The van der Waals surface area contributed by atoms with Crippen molar-refractivity contribution in [1.82, 2.24) is 14.8 Å². The summed E-state index contributed by atoms with van der Waals surface area (Å²) in [6, 6.07) is 3.41. The number of halogens is 3. The van der Waals surface area contributed by atoms with Gasteiger partial charge < -0.3 is 5.32 Å². The Morgan fingerprint density at radius 2 is 2.06 bits per heavy atom. The number of nitrogens with zero attached hydrogens (tertiary/aromatic N) is 3. The zero-order valence-corrected chi connectivity index (χ0v) is 8.86. The first-order valence-corrected chi connectivity index (χ1v) is 4.76. The molecule has 0 radical (unpaired) electrons. The van der Waals surface area contributed by atoms with Crippen LogP contribution in [0.15, 0.2) is 30.9 Å².